The summed E-state index contributed by atoms with van der Waals surface area (Å²) in [6.45, 7) is 5.06. The van der Waals surface area contributed by atoms with E-state index in [-0.39, 0.29) is 18.3 Å². The van der Waals surface area contributed by atoms with Crippen LogP contribution in [0.2, 0.25) is 0 Å². The van der Waals surface area contributed by atoms with Crippen LogP contribution in [0.25, 0.3) is 0 Å². The van der Waals surface area contributed by atoms with Crippen molar-refractivity contribution in [1.29, 1.82) is 0 Å². The molecule has 0 atom stereocenters. The highest BCUT2D eigenvalue weighted by molar-refractivity contribution is 7.15. The van der Waals surface area contributed by atoms with Gasteiger partial charge < -0.3 is 5.32 Å². The lowest BCUT2D eigenvalue weighted by Gasteiger charge is -2.04. The van der Waals surface area contributed by atoms with Crippen LogP contribution in [0.3, 0.4) is 0 Å². The number of nitrogens with one attached hydrogen (secondary N) is 2. The third-order valence-electron chi connectivity index (χ3n) is 3.53. The summed E-state index contributed by atoms with van der Waals surface area (Å²) in [6, 6.07) is 5.79. The number of aryl methyl sites for hydroxylation is 2. The average molecular weight is 324 g/mol. The van der Waals surface area contributed by atoms with Crippen molar-refractivity contribution in [3.63, 3.8) is 0 Å². The van der Waals surface area contributed by atoms with E-state index in [1.54, 1.807) is 0 Å². The van der Waals surface area contributed by atoms with Crippen LogP contribution < -0.4 is 10.6 Å². The van der Waals surface area contributed by atoms with Crippen LogP contribution in [0, 0.1) is 6.92 Å². The second kappa shape index (κ2) is 6.45. The lowest BCUT2D eigenvalue weighted by atomic mass is 10.1. The van der Waals surface area contributed by atoms with Gasteiger partial charge in [-0.05, 0) is 43.5 Å². The van der Waals surface area contributed by atoms with Gasteiger partial charge >= 0.3 is 0 Å². The summed E-state index contributed by atoms with van der Waals surface area (Å²) in [5.41, 5.74) is 4.10. The lowest BCUT2D eigenvalue weighted by Crippen LogP contribution is -2.12. The molecule has 0 saturated carbocycles. The fourth-order valence-corrected chi connectivity index (χ4v) is 3.32. The molecule has 4 nitrogen and oxygen atoms in total. The van der Waals surface area contributed by atoms with E-state index in [0.29, 0.717) is 10.7 Å². The number of aromatic nitrogens is 1. The first kappa shape index (κ1) is 15.8. The minimum Gasteiger partial charge on any atom is -0.384 e. The molecule has 0 unspecified atom stereocenters. The highest BCUT2D eigenvalue weighted by Gasteiger charge is 2.15. The van der Waals surface area contributed by atoms with E-state index in [4.69, 9.17) is 0 Å². The summed E-state index contributed by atoms with van der Waals surface area (Å²) in [7, 11) is 0. The van der Waals surface area contributed by atoms with Crippen molar-refractivity contribution in [3.8, 4) is 0 Å². The monoisotopic (exact) mass is 323 g/mol. The van der Waals surface area contributed by atoms with Crippen LogP contribution in [0.15, 0.2) is 18.2 Å². The molecule has 0 fully saturated rings. The molecule has 21 heavy (non-hydrogen) atoms. The summed E-state index contributed by atoms with van der Waals surface area (Å²) in [5.74, 6) is -0.0869. The molecular weight excluding hydrogens is 306 g/mol. The summed E-state index contributed by atoms with van der Waals surface area (Å²) >= 11 is 1.53. The summed E-state index contributed by atoms with van der Waals surface area (Å²) in [6.07, 6.45) is 1.87. The first-order valence-electron chi connectivity index (χ1n) is 6.82. The second-order valence-corrected chi connectivity index (χ2v) is 6.08. The Kier molecular flexibility index (Phi) is 4.85. The zero-order chi connectivity index (χ0) is 14.1. The third-order valence-corrected chi connectivity index (χ3v) is 4.45. The van der Waals surface area contributed by atoms with Gasteiger partial charge in [0.2, 0.25) is 0 Å². The van der Waals surface area contributed by atoms with E-state index in [1.165, 1.54) is 21.8 Å². The molecule has 2 N–H and O–H groups in total. The largest absolute Gasteiger partial charge is 0.384 e. The maximum Gasteiger partial charge on any atom is 0.257 e. The highest BCUT2D eigenvalue weighted by atomic mass is 35.5. The van der Waals surface area contributed by atoms with Gasteiger partial charge in [0.15, 0.2) is 5.13 Å². The Morgan fingerprint density at radius 1 is 1.48 bits per heavy atom. The number of fused-ring (bicyclic) bond motifs is 1. The average Bonchev–Trinajstić information content (AvgIpc) is 3.03. The quantitative estimate of drug-likeness (QED) is 0.906. The molecule has 2 aromatic rings. The van der Waals surface area contributed by atoms with Gasteiger partial charge in [-0.3, -0.25) is 10.1 Å². The number of hydrogen-bond donors (Lipinski definition) is 2. The summed E-state index contributed by atoms with van der Waals surface area (Å²) in [5, 5.41) is 6.87. The normalized spacial score (nSPS) is 12.3. The minimum atomic E-state index is -0.0869. The van der Waals surface area contributed by atoms with Crippen LogP contribution in [-0.4, -0.2) is 17.4 Å². The molecule has 1 aliphatic rings. The van der Waals surface area contributed by atoms with Crippen LogP contribution in [0.1, 0.15) is 33.4 Å². The Morgan fingerprint density at radius 2 is 2.29 bits per heavy atom. The zero-order valence-electron chi connectivity index (χ0n) is 12.0. The Hall–Kier alpha value is -1.59. The van der Waals surface area contributed by atoms with E-state index in [1.807, 2.05) is 25.1 Å². The van der Waals surface area contributed by atoms with Crippen molar-refractivity contribution in [2.75, 3.05) is 17.2 Å². The maximum atomic E-state index is 12.3. The smallest absolute Gasteiger partial charge is 0.257 e. The van der Waals surface area contributed by atoms with Crippen molar-refractivity contribution in [1.82, 2.24) is 4.98 Å². The number of thiazole rings is 1. The van der Waals surface area contributed by atoms with Crippen LogP contribution >= 0.6 is 23.7 Å². The molecule has 1 aromatic heterocycles. The number of carbonyl (C=O) groups excluding carboxylic acids is 1. The zero-order valence-corrected chi connectivity index (χ0v) is 13.7. The molecular formula is C15H18ClN3OS. The topological polar surface area (TPSA) is 54.0 Å². The number of halogens is 1. The van der Waals surface area contributed by atoms with Crippen LogP contribution in [0.5, 0.6) is 0 Å². The Morgan fingerprint density at radius 3 is 3.00 bits per heavy atom. The number of amides is 1. The highest BCUT2D eigenvalue weighted by Crippen LogP contribution is 2.25. The van der Waals surface area contributed by atoms with Gasteiger partial charge in [-0.2, -0.15) is 0 Å². The molecule has 0 radical (unpaired) electrons. The molecule has 2 heterocycles. The van der Waals surface area contributed by atoms with Gasteiger partial charge in [0.25, 0.3) is 5.91 Å². The van der Waals surface area contributed by atoms with Crippen molar-refractivity contribution in [2.45, 2.75) is 26.7 Å². The first-order chi connectivity index (χ1) is 9.67. The number of nitrogens with zero attached hydrogens (tertiary/aromatic N) is 1. The van der Waals surface area contributed by atoms with Gasteiger partial charge in [-0.25, -0.2) is 4.98 Å². The Balaban J connectivity index is 0.00000161. The number of hydrogen-bond acceptors (Lipinski definition) is 4. The van der Waals surface area contributed by atoms with Crippen molar-refractivity contribution < 1.29 is 4.79 Å². The van der Waals surface area contributed by atoms with Gasteiger partial charge in [0.05, 0.1) is 5.69 Å². The van der Waals surface area contributed by atoms with Crippen LogP contribution in [0.4, 0.5) is 10.8 Å². The number of carbonyl (C=O) groups is 1. The minimum absolute atomic E-state index is 0. The standard InChI is InChI=1S/C15H17N3OS.ClH/c1-3-12-9(2)20-15(17-12)18-14(19)11-4-5-13-10(8-11)6-7-16-13;/h4-5,8,16H,3,6-7H2,1-2H3,(H,17,18,19);1H. The van der Waals surface area contributed by atoms with Gasteiger partial charge in [-0.15, -0.1) is 23.7 Å². The molecule has 1 aromatic carbocycles. The van der Waals surface area contributed by atoms with Crippen molar-refractivity contribution in [3.05, 3.63) is 39.9 Å². The first-order valence-corrected chi connectivity index (χ1v) is 7.63. The van der Waals surface area contributed by atoms with Gasteiger partial charge in [0.1, 0.15) is 0 Å². The van der Waals surface area contributed by atoms with E-state index in [9.17, 15) is 4.79 Å². The number of benzene rings is 1. The molecule has 0 spiro atoms. The summed E-state index contributed by atoms with van der Waals surface area (Å²) in [4.78, 5) is 17.9. The van der Waals surface area contributed by atoms with Crippen molar-refractivity contribution in [2.24, 2.45) is 0 Å². The predicted octanol–water partition coefficient (Wildman–Crippen LogP) is 3.66. The fraction of sp³-hybridized carbons (Fsp3) is 0.333. The van der Waals surface area contributed by atoms with Crippen LogP contribution in [-0.2, 0) is 12.8 Å². The van der Waals surface area contributed by atoms with E-state index >= 15 is 0 Å². The van der Waals surface area contributed by atoms with Crippen molar-refractivity contribution >= 4 is 40.5 Å². The Labute approximate surface area is 134 Å². The molecule has 0 aliphatic carbocycles. The van der Waals surface area contributed by atoms with E-state index in [2.05, 4.69) is 22.5 Å². The molecule has 0 bridgehead atoms. The predicted molar refractivity (Wildman–Crippen MR) is 90.1 cm³/mol. The number of anilines is 2. The second-order valence-electron chi connectivity index (χ2n) is 4.88. The maximum absolute atomic E-state index is 12.3. The van der Waals surface area contributed by atoms with Gasteiger partial charge in [0, 0.05) is 22.7 Å². The summed E-state index contributed by atoms with van der Waals surface area (Å²) < 4.78 is 0. The fourth-order valence-electron chi connectivity index (χ4n) is 2.42. The SMILES string of the molecule is CCc1nc(NC(=O)c2ccc3c(c2)CCN3)sc1C.Cl. The molecule has 6 heteroatoms. The molecule has 3 rings (SSSR count). The van der Waals surface area contributed by atoms with E-state index < -0.39 is 0 Å². The van der Waals surface area contributed by atoms with Gasteiger partial charge in [-0.1, -0.05) is 6.92 Å². The third kappa shape index (κ3) is 3.19. The molecule has 1 aliphatic heterocycles. The molecule has 112 valence electrons. The van der Waals surface area contributed by atoms with E-state index in [0.717, 1.165) is 30.8 Å². The Bertz CT molecular complexity index is 669. The molecule has 1 amide bonds. The number of rotatable bonds is 3. The lowest BCUT2D eigenvalue weighted by molar-refractivity contribution is 0.102. The molecule has 0 saturated heterocycles.